The highest BCUT2D eigenvalue weighted by Crippen LogP contribution is 2.16. The van der Waals surface area contributed by atoms with Gasteiger partial charge in [-0.1, -0.05) is 31.4 Å². The van der Waals surface area contributed by atoms with E-state index >= 15 is 0 Å². The van der Waals surface area contributed by atoms with E-state index in [0.29, 0.717) is 5.02 Å². The fraction of sp³-hybridized carbons (Fsp3) is 0.643. The lowest BCUT2D eigenvalue weighted by Crippen LogP contribution is -2.46. The van der Waals surface area contributed by atoms with Gasteiger partial charge in [0.2, 0.25) is 0 Å². The maximum atomic E-state index is 5.86. The van der Waals surface area contributed by atoms with Crippen LogP contribution in [0.15, 0.2) is 18.3 Å². The Morgan fingerprint density at radius 1 is 1.17 bits per heavy atom. The predicted octanol–water partition coefficient (Wildman–Crippen LogP) is 3.05. The normalized spacial score (nSPS) is 17.1. The van der Waals surface area contributed by atoms with Gasteiger partial charge in [-0.3, -0.25) is 4.90 Å². The van der Waals surface area contributed by atoms with Gasteiger partial charge in [-0.05, 0) is 25.1 Å². The molecular formula is C14H22ClN3. The summed E-state index contributed by atoms with van der Waals surface area (Å²) in [5, 5.41) is 0.706. The molecule has 2 rings (SSSR count). The molecule has 3 nitrogen and oxygen atoms in total. The Morgan fingerprint density at radius 3 is 2.56 bits per heavy atom. The van der Waals surface area contributed by atoms with Crippen LogP contribution in [-0.4, -0.2) is 42.6 Å². The van der Waals surface area contributed by atoms with Gasteiger partial charge >= 0.3 is 0 Å². The summed E-state index contributed by atoms with van der Waals surface area (Å²) in [6, 6.07) is 3.92. The largest absolute Gasteiger partial charge is 0.354 e. The zero-order valence-corrected chi connectivity index (χ0v) is 11.9. The quantitative estimate of drug-likeness (QED) is 0.765. The van der Waals surface area contributed by atoms with E-state index in [9.17, 15) is 0 Å². The summed E-state index contributed by atoms with van der Waals surface area (Å²) in [7, 11) is 0. The second-order valence-electron chi connectivity index (χ2n) is 4.87. The molecule has 0 saturated carbocycles. The van der Waals surface area contributed by atoms with Gasteiger partial charge in [0.25, 0.3) is 0 Å². The number of rotatable bonds is 5. The first-order valence-corrected chi connectivity index (χ1v) is 7.26. The molecule has 1 fully saturated rings. The number of anilines is 1. The topological polar surface area (TPSA) is 19.4 Å². The molecule has 1 saturated heterocycles. The van der Waals surface area contributed by atoms with E-state index in [1.165, 1.54) is 25.8 Å². The standard InChI is InChI=1S/C14H22ClN3/c1-2-3-4-7-17-8-10-18(11-9-17)14-6-5-13(15)12-16-14/h5-6,12H,2-4,7-11H2,1H3. The fourth-order valence-electron chi connectivity index (χ4n) is 2.34. The maximum Gasteiger partial charge on any atom is 0.128 e. The smallest absolute Gasteiger partial charge is 0.128 e. The number of piperazine rings is 1. The number of halogens is 1. The van der Waals surface area contributed by atoms with Crippen molar-refractivity contribution in [2.45, 2.75) is 26.2 Å². The van der Waals surface area contributed by atoms with E-state index in [4.69, 9.17) is 11.6 Å². The molecule has 0 spiro atoms. The Kier molecular flexibility index (Phi) is 5.26. The molecule has 0 atom stereocenters. The van der Waals surface area contributed by atoms with Crippen molar-refractivity contribution in [3.8, 4) is 0 Å². The lowest BCUT2D eigenvalue weighted by molar-refractivity contribution is 0.252. The van der Waals surface area contributed by atoms with Gasteiger partial charge in [-0.2, -0.15) is 0 Å². The first kappa shape index (κ1) is 13.6. The second-order valence-corrected chi connectivity index (χ2v) is 5.31. The van der Waals surface area contributed by atoms with E-state index in [0.717, 1.165) is 32.0 Å². The Morgan fingerprint density at radius 2 is 1.94 bits per heavy atom. The van der Waals surface area contributed by atoms with E-state index in [-0.39, 0.29) is 0 Å². The maximum absolute atomic E-state index is 5.86. The Bertz CT molecular complexity index is 345. The van der Waals surface area contributed by atoms with Crippen LogP contribution in [0.2, 0.25) is 5.02 Å². The summed E-state index contributed by atoms with van der Waals surface area (Å²) in [6.45, 7) is 7.93. The molecule has 1 aromatic rings. The highest BCUT2D eigenvalue weighted by Gasteiger charge is 2.17. The van der Waals surface area contributed by atoms with Crippen LogP contribution in [0.3, 0.4) is 0 Å². The average molecular weight is 268 g/mol. The summed E-state index contributed by atoms with van der Waals surface area (Å²) in [4.78, 5) is 9.28. The number of unbranched alkanes of at least 4 members (excludes halogenated alkanes) is 2. The van der Waals surface area contributed by atoms with E-state index in [1.807, 2.05) is 12.1 Å². The number of hydrogen-bond acceptors (Lipinski definition) is 3. The predicted molar refractivity (Wildman–Crippen MR) is 77.4 cm³/mol. The molecule has 0 amide bonds. The van der Waals surface area contributed by atoms with E-state index < -0.39 is 0 Å². The van der Waals surface area contributed by atoms with Crippen molar-refractivity contribution in [1.82, 2.24) is 9.88 Å². The van der Waals surface area contributed by atoms with Crippen LogP contribution >= 0.6 is 11.6 Å². The summed E-state index contributed by atoms with van der Waals surface area (Å²) < 4.78 is 0. The third kappa shape index (κ3) is 3.85. The number of hydrogen-bond donors (Lipinski definition) is 0. The number of pyridine rings is 1. The van der Waals surface area contributed by atoms with Crippen LogP contribution in [0.5, 0.6) is 0 Å². The summed E-state index contributed by atoms with van der Waals surface area (Å²) >= 11 is 5.86. The minimum absolute atomic E-state index is 0.706. The van der Waals surface area contributed by atoms with Crippen molar-refractivity contribution < 1.29 is 0 Å². The molecule has 0 N–H and O–H groups in total. The van der Waals surface area contributed by atoms with Crippen LogP contribution in [0.25, 0.3) is 0 Å². The zero-order valence-electron chi connectivity index (χ0n) is 11.1. The van der Waals surface area contributed by atoms with Crippen molar-refractivity contribution in [2.24, 2.45) is 0 Å². The molecule has 1 aliphatic rings. The lowest BCUT2D eigenvalue weighted by Gasteiger charge is -2.35. The third-order valence-corrected chi connectivity index (χ3v) is 3.71. The number of nitrogens with zero attached hydrogens (tertiary/aromatic N) is 3. The van der Waals surface area contributed by atoms with Gasteiger partial charge in [0, 0.05) is 32.4 Å². The SMILES string of the molecule is CCCCCN1CCN(c2ccc(Cl)cn2)CC1. The molecule has 0 bridgehead atoms. The Labute approximate surface area is 115 Å². The number of aromatic nitrogens is 1. The van der Waals surface area contributed by atoms with Crippen LogP contribution in [0.4, 0.5) is 5.82 Å². The molecule has 1 aliphatic heterocycles. The molecule has 4 heteroatoms. The average Bonchev–Trinajstić information content (AvgIpc) is 2.41. The van der Waals surface area contributed by atoms with Crippen LogP contribution < -0.4 is 4.90 Å². The lowest BCUT2D eigenvalue weighted by atomic mass is 10.2. The second kappa shape index (κ2) is 6.95. The fourth-order valence-corrected chi connectivity index (χ4v) is 2.45. The van der Waals surface area contributed by atoms with E-state index in [1.54, 1.807) is 6.20 Å². The van der Waals surface area contributed by atoms with Crippen LogP contribution in [0.1, 0.15) is 26.2 Å². The molecule has 2 heterocycles. The van der Waals surface area contributed by atoms with Crippen molar-refractivity contribution >= 4 is 17.4 Å². The first-order valence-electron chi connectivity index (χ1n) is 6.88. The van der Waals surface area contributed by atoms with Gasteiger partial charge < -0.3 is 4.90 Å². The molecule has 0 aromatic carbocycles. The van der Waals surface area contributed by atoms with Crippen molar-refractivity contribution in [3.05, 3.63) is 23.4 Å². The molecular weight excluding hydrogens is 246 g/mol. The molecule has 0 unspecified atom stereocenters. The minimum Gasteiger partial charge on any atom is -0.354 e. The molecule has 0 radical (unpaired) electrons. The third-order valence-electron chi connectivity index (χ3n) is 3.49. The van der Waals surface area contributed by atoms with Gasteiger partial charge in [0.05, 0.1) is 5.02 Å². The molecule has 1 aromatic heterocycles. The van der Waals surface area contributed by atoms with Crippen LogP contribution in [0, 0.1) is 0 Å². The summed E-state index contributed by atoms with van der Waals surface area (Å²) in [6.07, 6.45) is 5.70. The molecule has 100 valence electrons. The highest BCUT2D eigenvalue weighted by atomic mass is 35.5. The highest BCUT2D eigenvalue weighted by molar-refractivity contribution is 6.30. The van der Waals surface area contributed by atoms with E-state index in [2.05, 4.69) is 21.7 Å². The van der Waals surface area contributed by atoms with Crippen molar-refractivity contribution in [2.75, 3.05) is 37.6 Å². The first-order chi connectivity index (χ1) is 8.79. The van der Waals surface area contributed by atoms with Gasteiger partial charge in [0.1, 0.15) is 5.82 Å². The minimum atomic E-state index is 0.706. The summed E-state index contributed by atoms with van der Waals surface area (Å²) in [5.41, 5.74) is 0. The Balaban J connectivity index is 1.77. The molecule has 0 aliphatic carbocycles. The van der Waals surface area contributed by atoms with Gasteiger partial charge in [-0.25, -0.2) is 4.98 Å². The monoisotopic (exact) mass is 267 g/mol. The van der Waals surface area contributed by atoms with Crippen molar-refractivity contribution in [1.29, 1.82) is 0 Å². The van der Waals surface area contributed by atoms with Crippen LogP contribution in [-0.2, 0) is 0 Å². The molecule has 18 heavy (non-hydrogen) atoms. The Hall–Kier alpha value is -0.800. The zero-order chi connectivity index (χ0) is 12.8. The van der Waals surface area contributed by atoms with Gasteiger partial charge in [0.15, 0.2) is 0 Å². The summed E-state index contributed by atoms with van der Waals surface area (Å²) in [5.74, 6) is 1.05. The van der Waals surface area contributed by atoms with Gasteiger partial charge in [-0.15, -0.1) is 0 Å². The van der Waals surface area contributed by atoms with Crippen molar-refractivity contribution in [3.63, 3.8) is 0 Å².